The zero-order valence-corrected chi connectivity index (χ0v) is 25.1. The molecule has 1 fully saturated rings. The normalized spacial score (nSPS) is 19.1. The Labute approximate surface area is 257 Å². The van der Waals surface area contributed by atoms with Crippen molar-refractivity contribution in [1.82, 2.24) is 4.90 Å². The molecule has 1 amide bonds. The Bertz CT molecular complexity index is 1440. The second kappa shape index (κ2) is 14.7. The van der Waals surface area contributed by atoms with Crippen LogP contribution in [0.2, 0.25) is 0 Å². The number of amides is 1. The molecule has 9 heteroatoms. The number of aliphatic carboxylic acids is 2. The van der Waals surface area contributed by atoms with Crippen molar-refractivity contribution in [1.29, 1.82) is 0 Å². The number of aryl methyl sites for hydroxylation is 2. The summed E-state index contributed by atoms with van der Waals surface area (Å²) in [6.45, 7) is 0. The Balaban J connectivity index is 1.53. The van der Waals surface area contributed by atoms with Crippen molar-refractivity contribution in [2.24, 2.45) is 5.92 Å². The molecule has 232 valence electrons. The van der Waals surface area contributed by atoms with E-state index >= 15 is 0 Å². The van der Waals surface area contributed by atoms with E-state index in [1.807, 2.05) is 48.5 Å². The van der Waals surface area contributed by atoms with Gasteiger partial charge in [0, 0.05) is 11.5 Å². The molecule has 0 spiro atoms. The van der Waals surface area contributed by atoms with Crippen LogP contribution >= 0.6 is 0 Å². The largest absolute Gasteiger partial charge is 0.497 e. The summed E-state index contributed by atoms with van der Waals surface area (Å²) in [5, 5.41) is 20.9. The molecule has 3 aromatic rings. The van der Waals surface area contributed by atoms with E-state index in [1.54, 1.807) is 32.4 Å². The van der Waals surface area contributed by atoms with Gasteiger partial charge in [0.05, 0.1) is 14.2 Å². The van der Waals surface area contributed by atoms with E-state index in [0.717, 1.165) is 33.9 Å². The number of hydrogen-bond donors (Lipinski definition) is 2. The highest BCUT2D eigenvalue weighted by Crippen LogP contribution is 2.49. The second-order valence-electron chi connectivity index (χ2n) is 11.1. The lowest BCUT2D eigenvalue weighted by atomic mass is 9.62. The molecule has 9 nitrogen and oxygen atoms in total. The van der Waals surface area contributed by atoms with Crippen LogP contribution in [0.3, 0.4) is 0 Å². The number of hydrogen-bond acceptors (Lipinski definition) is 6. The van der Waals surface area contributed by atoms with Crippen LogP contribution in [0.25, 0.3) is 0 Å². The molecule has 0 bridgehead atoms. The number of carboxylic acids is 2. The maximum absolute atomic E-state index is 13.6. The van der Waals surface area contributed by atoms with Crippen molar-refractivity contribution < 1.29 is 38.9 Å². The van der Waals surface area contributed by atoms with Gasteiger partial charge in [-0.25, -0.2) is 9.59 Å². The van der Waals surface area contributed by atoms with Crippen LogP contribution in [-0.2, 0) is 27.2 Å². The zero-order valence-electron chi connectivity index (χ0n) is 25.1. The number of carbonyl (C=O) groups excluding carboxylic acids is 2. The van der Waals surface area contributed by atoms with Gasteiger partial charge in [-0.05, 0) is 73.9 Å². The van der Waals surface area contributed by atoms with E-state index in [-0.39, 0.29) is 12.0 Å². The molecule has 1 unspecified atom stereocenters. The predicted molar refractivity (Wildman–Crippen MR) is 164 cm³/mol. The summed E-state index contributed by atoms with van der Waals surface area (Å²) in [5.74, 6) is -3.97. The molecule has 0 aromatic heterocycles. The maximum Gasteiger partial charge on any atom is 0.330 e. The average molecular weight is 602 g/mol. The number of carbonyl (C=O) groups is 4. The fraction of sp³-hybridized carbons (Fsp3) is 0.371. The van der Waals surface area contributed by atoms with Gasteiger partial charge in [-0.15, -0.1) is 0 Å². The average Bonchev–Trinajstić information content (AvgIpc) is 3.03. The van der Waals surface area contributed by atoms with Crippen LogP contribution in [0.5, 0.6) is 11.5 Å². The van der Waals surface area contributed by atoms with E-state index < -0.39 is 41.1 Å². The number of nitrogens with zero attached hydrogens (tertiary/aromatic N) is 1. The Hall–Kier alpha value is -4.66. The van der Waals surface area contributed by atoms with Crippen LogP contribution in [0.4, 0.5) is 0 Å². The van der Waals surface area contributed by atoms with Crippen molar-refractivity contribution >= 4 is 23.6 Å². The van der Waals surface area contributed by atoms with Gasteiger partial charge in [0.2, 0.25) is 5.78 Å². The molecule has 2 N–H and O–H groups in total. The quantitative estimate of drug-likeness (QED) is 0.126. The van der Waals surface area contributed by atoms with E-state index in [1.165, 1.54) is 12.1 Å². The van der Waals surface area contributed by atoms with E-state index in [2.05, 4.69) is 0 Å². The first-order valence-corrected chi connectivity index (χ1v) is 14.9. The first kappa shape index (κ1) is 32.3. The fourth-order valence-electron chi connectivity index (χ4n) is 6.27. The summed E-state index contributed by atoms with van der Waals surface area (Å²) in [7, 11) is 3.19. The Morgan fingerprint density at radius 2 is 1.25 bits per heavy atom. The molecular formula is C35H39NO8. The monoisotopic (exact) mass is 601 g/mol. The number of likely N-dealkylation sites (tertiary alicyclic amines) is 1. The van der Waals surface area contributed by atoms with E-state index in [0.29, 0.717) is 38.5 Å². The van der Waals surface area contributed by atoms with Crippen molar-refractivity contribution in [3.05, 3.63) is 95.6 Å². The molecule has 4 rings (SSSR count). The lowest BCUT2D eigenvalue weighted by Gasteiger charge is -2.59. The fourth-order valence-corrected chi connectivity index (χ4v) is 6.27. The molecule has 1 heterocycles. The number of Topliss-reactive ketones (excluding diaryl/α,β-unsaturated/α-hetero) is 1. The van der Waals surface area contributed by atoms with Gasteiger partial charge in [0.1, 0.15) is 23.1 Å². The SMILES string of the molecule is COc1ccc(CCCCC2[C@@H](C(=O)O)N(C(=O)C(=O)c3ccccc3)[C@]2(CCCCc2ccc(OC)cc2)C(=O)O)cc1. The first-order chi connectivity index (χ1) is 21.2. The minimum Gasteiger partial charge on any atom is -0.497 e. The van der Waals surface area contributed by atoms with Crippen LogP contribution in [-0.4, -0.2) is 64.5 Å². The van der Waals surface area contributed by atoms with Crippen molar-refractivity contribution in [3.63, 3.8) is 0 Å². The summed E-state index contributed by atoms with van der Waals surface area (Å²) in [6.07, 6.45) is 4.06. The predicted octanol–water partition coefficient (Wildman–Crippen LogP) is 5.45. The highest BCUT2D eigenvalue weighted by atomic mass is 16.5. The third-order valence-corrected chi connectivity index (χ3v) is 8.60. The van der Waals surface area contributed by atoms with Gasteiger partial charge in [-0.2, -0.15) is 0 Å². The van der Waals surface area contributed by atoms with Crippen LogP contribution in [0, 0.1) is 5.92 Å². The molecule has 3 atom stereocenters. The minimum atomic E-state index is -1.80. The summed E-state index contributed by atoms with van der Waals surface area (Å²) in [4.78, 5) is 53.3. The summed E-state index contributed by atoms with van der Waals surface area (Å²) in [5.41, 5.74) is 0.422. The Morgan fingerprint density at radius 3 is 1.73 bits per heavy atom. The molecule has 44 heavy (non-hydrogen) atoms. The van der Waals surface area contributed by atoms with Gasteiger partial charge < -0.3 is 24.6 Å². The lowest BCUT2D eigenvalue weighted by molar-refractivity contribution is -0.203. The summed E-state index contributed by atoms with van der Waals surface area (Å²) >= 11 is 0. The standard InChI is InChI=1S/C35H39NO8/c1-43-27-19-15-24(16-20-27)10-6-7-14-29-30(33(39)40)36(32(38)31(37)26-12-4-3-5-13-26)35(29,34(41)42)23-9-8-11-25-17-21-28(44-2)22-18-25/h3-5,12-13,15-22,29-30H,6-11,14,23H2,1-2H3,(H,39,40)(H,41,42)/t29?,30-,35-/m0/s1. The van der Waals surface area contributed by atoms with E-state index in [9.17, 15) is 29.4 Å². The summed E-state index contributed by atoms with van der Waals surface area (Å²) in [6, 6.07) is 21.7. The Kier molecular flexibility index (Phi) is 10.8. The zero-order chi connectivity index (χ0) is 31.7. The number of unbranched alkanes of at least 4 members (excludes halogenated alkanes) is 2. The van der Waals surface area contributed by atoms with Crippen molar-refractivity contribution in [3.8, 4) is 11.5 Å². The minimum absolute atomic E-state index is 0.0409. The third-order valence-electron chi connectivity index (χ3n) is 8.60. The van der Waals surface area contributed by atoms with Gasteiger partial charge in [-0.3, -0.25) is 9.59 Å². The topological polar surface area (TPSA) is 130 Å². The van der Waals surface area contributed by atoms with Crippen LogP contribution in [0.1, 0.15) is 60.0 Å². The highest BCUT2D eigenvalue weighted by Gasteiger charge is 2.69. The van der Waals surface area contributed by atoms with Crippen LogP contribution < -0.4 is 9.47 Å². The van der Waals surface area contributed by atoms with Crippen molar-refractivity contribution in [2.75, 3.05) is 14.2 Å². The molecule has 1 saturated heterocycles. The van der Waals surface area contributed by atoms with Gasteiger partial charge >= 0.3 is 11.9 Å². The number of ether oxygens (including phenoxy) is 2. The molecular weight excluding hydrogens is 562 g/mol. The third kappa shape index (κ3) is 6.93. The molecule has 0 saturated carbocycles. The van der Waals surface area contributed by atoms with Crippen molar-refractivity contribution in [2.45, 2.75) is 62.9 Å². The van der Waals surface area contributed by atoms with Gasteiger partial charge in [0.25, 0.3) is 5.91 Å². The Morgan fingerprint density at radius 1 is 0.727 bits per heavy atom. The van der Waals surface area contributed by atoms with E-state index in [4.69, 9.17) is 9.47 Å². The lowest BCUT2D eigenvalue weighted by Crippen LogP contribution is -2.80. The smallest absolute Gasteiger partial charge is 0.330 e. The number of ketones is 1. The molecule has 0 radical (unpaired) electrons. The first-order valence-electron chi connectivity index (χ1n) is 14.9. The number of methoxy groups -OCH3 is 2. The van der Waals surface area contributed by atoms with Crippen LogP contribution in [0.15, 0.2) is 78.9 Å². The van der Waals surface area contributed by atoms with Gasteiger partial charge in [-0.1, -0.05) is 67.4 Å². The molecule has 3 aromatic carbocycles. The number of rotatable bonds is 16. The number of benzene rings is 3. The molecule has 1 aliphatic rings. The number of carboxylic acid groups (broad SMARTS) is 2. The summed E-state index contributed by atoms with van der Waals surface area (Å²) < 4.78 is 10.4. The molecule has 1 aliphatic heterocycles. The van der Waals surface area contributed by atoms with Gasteiger partial charge in [0.15, 0.2) is 0 Å². The second-order valence-corrected chi connectivity index (χ2v) is 11.1. The molecule has 0 aliphatic carbocycles. The highest BCUT2D eigenvalue weighted by molar-refractivity contribution is 6.43. The maximum atomic E-state index is 13.6.